The Morgan fingerprint density at radius 2 is 1.64 bits per heavy atom. The van der Waals surface area contributed by atoms with E-state index in [0.29, 0.717) is 10.3 Å². The normalized spacial score (nSPS) is 11.4. The molecule has 0 aliphatic rings. The zero-order valence-electron chi connectivity index (χ0n) is 14.0. The second-order valence-corrected chi connectivity index (χ2v) is 7.52. The van der Waals surface area contributed by atoms with Crippen molar-refractivity contribution in [2.24, 2.45) is 7.05 Å². The quantitative estimate of drug-likeness (QED) is 0.516. The number of nitrogens with one attached hydrogen (secondary N) is 1. The van der Waals surface area contributed by atoms with E-state index in [9.17, 15) is 22.9 Å². The van der Waals surface area contributed by atoms with Gasteiger partial charge in [-0.05, 0) is 40.9 Å². The second kappa shape index (κ2) is 7.36. The first-order valence-electron chi connectivity index (χ1n) is 7.41. The van der Waals surface area contributed by atoms with Crippen LogP contribution in [-0.4, -0.2) is 37.6 Å². The minimum absolute atomic E-state index is 0.0857. The van der Waals surface area contributed by atoms with Crippen LogP contribution in [0.5, 0.6) is 5.88 Å². The largest absolute Gasteiger partial charge is 0.493 e. The van der Waals surface area contributed by atoms with Crippen molar-refractivity contribution in [1.82, 2.24) is 19.5 Å². The third kappa shape index (κ3) is 4.07. The Labute approximate surface area is 168 Å². The predicted octanol–water partition coefficient (Wildman–Crippen LogP) is 2.24. The number of nitrogens with zero attached hydrogens (tertiary/aromatic N) is 4. The summed E-state index contributed by atoms with van der Waals surface area (Å²) in [5, 5.41) is 12.6. The predicted molar refractivity (Wildman–Crippen MR) is 102 cm³/mol. The number of rotatable bonds is 4. The van der Waals surface area contributed by atoms with Gasteiger partial charge < -0.3 is 10.4 Å². The first kappa shape index (κ1) is 20.0. The topological polar surface area (TPSA) is 147 Å². The minimum atomic E-state index is -4.80. The van der Waals surface area contributed by atoms with E-state index in [1.165, 1.54) is 31.3 Å². The molecule has 0 aliphatic heterocycles. The van der Waals surface area contributed by atoms with Gasteiger partial charge in [0, 0.05) is 24.4 Å². The van der Waals surface area contributed by atoms with Gasteiger partial charge in [-0.2, -0.15) is 23.4 Å². The molecule has 2 heterocycles. The molecule has 13 heteroatoms. The Kier molecular flexibility index (Phi) is 5.26. The molecule has 0 spiro atoms. The van der Waals surface area contributed by atoms with E-state index in [1.54, 1.807) is 0 Å². The third-order valence-electron chi connectivity index (χ3n) is 3.65. The molecule has 10 nitrogen and oxygen atoms in total. The van der Waals surface area contributed by atoms with E-state index in [0.717, 1.165) is 6.07 Å². The molecule has 2 aromatic heterocycles. The first-order valence-corrected chi connectivity index (χ1v) is 9.61. The maximum absolute atomic E-state index is 12.0. The standard InChI is InChI=1S/C15H11Cl2N5O5S/c1-22-10(23)6-9(11(12(22)24)28(25,26)27)7-2-4-8(5-3-7)18-15-20-13(16)19-14(17)21-15/h2-6,24H,1H3,(H,25,26,27)(H,18,19,20,21). The van der Waals surface area contributed by atoms with Gasteiger partial charge in [0.15, 0.2) is 4.90 Å². The van der Waals surface area contributed by atoms with Crippen LogP contribution in [0, 0.1) is 0 Å². The molecule has 0 bridgehead atoms. The number of pyridine rings is 1. The first-order chi connectivity index (χ1) is 13.1. The molecule has 0 aliphatic carbocycles. The fourth-order valence-electron chi connectivity index (χ4n) is 2.38. The summed E-state index contributed by atoms with van der Waals surface area (Å²) in [7, 11) is -3.63. The number of aromatic hydroxyl groups is 1. The highest BCUT2D eigenvalue weighted by molar-refractivity contribution is 7.86. The van der Waals surface area contributed by atoms with Crippen molar-refractivity contribution in [3.63, 3.8) is 0 Å². The summed E-state index contributed by atoms with van der Waals surface area (Å²) >= 11 is 11.4. The fraction of sp³-hybridized carbons (Fsp3) is 0.0667. The highest BCUT2D eigenvalue weighted by atomic mass is 35.5. The molecule has 0 atom stereocenters. The van der Waals surface area contributed by atoms with Crippen LogP contribution in [0.4, 0.5) is 11.6 Å². The average Bonchev–Trinajstić information content (AvgIpc) is 2.58. The Morgan fingerprint density at radius 1 is 1.07 bits per heavy atom. The lowest BCUT2D eigenvalue weighted by atomic mass is 10.1. The molecule has 3 aromatic rings. The lowest BCUT2D eigenvalue weighted by Gasteiger charge is -2.12. The van der Waals surface area contributed by atoms with E-state index >= 15 is 0 Å². The lowest BCUT2D eigenvalue weighted by molar-refractivity contribution is 0.400. The highest BCUT2D eigenvalue weighted by Gasteiger charge is 2.24. The van der Waals surface area contributed by atoms with Crippen LogP contribution in [-0.2, 0) is 17.2 Å². The van der Waals surface area contributed by atoms with Crippen LogP contribution in [0.25, 0.3) is 11.1 Å². The molecule has 0 radical (unpaired) electrons. The van der Waals surface area contributed by atoms with Crippen LogP contribution in [0.15, 0.2) is 40.0 Å². The van der Waals surface area contributed by atoms with Crippen molar-refractivity contribution in [3.05, 3.63) is 51.3 Å². The van der Waals surface area contributed by atoms with Crippen molar-refractivity contribution in [2.75, 3.05) is 5.32 Å². The number of benzene rings is 1. The number of halogens is 2. The number of hydrogen-bond donors (Lipinski definition) is 3. The molecule has 3 N–H and O–H groups in total. The molecule has 3 rings (SSSR count). The van der Waals surface area contributed by atoms with Crippen LogP contribution in [0.3, 0.4) is 0 Å². The Bertz CT molecular complexity index is 1210. The van der Waals surface area contributed by atoms with E-state index in [1.807, 2.05) is 0 Å². The van der Waals surface area contributed by atoms with Gasteiger partial charge in [0.2, 0.25) is 22.4 Å². The number of aromatic nitrogens is 4. The van der Waals surface area contributed by atoms with E-state index in [2.05, 4.69) is 20.3 Å². The zero-order valence-corrected chi connectivity index (χ0v) is 16.3. The zero-order chi connectivity index (χ0) is 20.6. The molecular weight excluding hydrogens is 433 g/mol. The summed E-state index contributed by atoms with van der Waals surface area (Å²) in [5.41, 5.74) is -0.0566. The summed E-state index contributed by atoms with van der Waals surface area (Å²) in [4.78, 5) is 22.5. The van der Waals surface area contributed by atoms with Crippen molar-refractivity contribution >= 4 is 45.0 Å². The van der Waals surface area contributed by atoms with Crippen LogP contribution in [0.2, 0.25) is 10.6 Å². The Balaban J connectivity index is 2.04. The van der Waals surface area contributed by atoms with Crippen LogP contribution < -0.4 is 10.9 Å². The molecule has 0 saturated carbocycles. The van der Waals surface area contributed by atoms with Crippen molar-refractivity contribution in [3.8, 4) is 17.0 Å². The van der Waals surface area contributed by atoms with Gasteiger partial charge in [0.05, 0.1) is 0 Å². The third-order valence-corrected chi connectivity index (χ3v) is 4.91. The van der Waals surface area contributed by atoms with E-state index in [-0.39, 0.29) is 27.6 Å². The fourth-order valence-corrected chi connectivity index (χ4v) is 3.56. The van der Waals surface area contributed by atoms with Gasteiger partial charge in [-0.15, -0.1) is 0 Å². The van der Waals surface area contributed by atoms with Crippen LogP contribution in [0.1, 0.15) is 0 Å². The van der Waals surface area contributed by atoms with E-state index < -0.39 is 26.5 Å². The van der Waals surface area contributed by atoms with Gasteiger partial charge >= 0.3 is 0 Å². The molecule has 146 valence electrons. The van der Waals surface area contributed by atoms with Gasteiger partial charge in [0.1, 0.15) is 0 Å². The lowest BCUT2D eigenvalue weighted by Crippen LogP contribution is -2.19. The summed E-state index contributed by atoms with van der Waals surface area (Å²) in [6, 6.07) is 6.99. The molecule has 0 saturated heterocycles. The molecule has 0 unspecified atom stereocenters. The Hall–Kier alpha value is -2.73. The van der Waals surface area contributed by atoms with Crippen molar-refractivity contribution < 1.29 is 18.1 Å². The molecular formula is C15H11Cl2N5O5S. The minimum Gasteiger partial charge on any atom is -0.493 e. The van der Waals surface area contributed by atoms with Crippen LogP contribution >= 0.6 is 23.2 Å². The SMILES string of the molecule is Cn1c(O)c(S(=O)(=O)O)c(-c2ccc(Nc3nc(Cl)nc(Cl)n3)cc2)cc1=O. The summed E-state index contributed by atoms with van der Waals surface area (Å²) in [6.45, 7) is 0. The Morgan fingerprint density at radius 3 is 2.18 bits per heavy atom. The van der Waals surface area contributed by atoms with Crippen molar-refractivity contribution in [2.45, 2.75) is 4.90 Å². The summed E-state index contributed by atoms with van der Waals surface area (Å²) < 4.78 is 33.6. The number of hydrogen-bond acceptors (Lipinski definition) is 8. The van der Waals surface area contributed by atoms with Gasteiger partial charge in [-0.1, -0.05) is 12.1 Å². The smallest absolute Gasteiger partial charge is 0.300 e. The summed E-state index contributed by atoms with van der Waals surface area (Å²) in [6.07, 6.45) is 0. The monoisotopic (exact) mass is 443 g/mol. The van der Waals surface area contributed by atoms with E-state index in [4.69, 9.17) is 23.2 Å². The molecule has 1 aromatic carbocycles. The van der Waals surface area contributed by atoms with Gasteiger partial charge in [0.25, 0.3) is 15.7 Å². The maximum atomic E-state index is 12.0. The second-order valence-electron chi connectivity index (χ2n) is 5.48. The van der Waals surface area contributed by atoms with Crippen molar-refractivity contribution in [1.29, 1.82) is 0 Å². The highest BCUT2D eigenvalue weighted by Crippen LogP contribution is 2.33. The average molecular weight is 444 g/mol. The summed E-state index contributed by atoms with van der Waals surface area (Å²) in [5.74, 6) is -0.788. The molecule has 28 heavy (non-hydrogen) atoms. The molecule has 0 amide bonds. The number of anilines is 2. The van der Waals surface area contributed by atoms with Gasteiger partial charge in [-0.3, -0.25) is 13.9 Å². The maximum Gasteiger partial charge on any atom is 0.300 e. The molecule has 0 fully saturated rings. The van der Waals surface area contributed by atoms with Gasteiger partial charge in [-0.25, -0.2) is 0 Å².